The van der Waals surface area contributed by atoms with Gasteiger partial charge < -0.3 is 19.9 Å². The molecule has 1 aromatic rings. The molecule has 4 nitrogen and oxygen atoms in total. The van der Waals surface area contributed by atoms with E-state index in [1.54, 1.807) is 7.11 Å². The molecule has 0 saturated carbocycles. The van der Waals surface area contributed by atoms with Crippen molar-refractivity contribution < 1.29 is 14.6 Å². The Labute approximate surface area is 116 Å². The maximum Gasteiger partial charge on any atom is 0.166 e. The van der Waals surface area contributed by atoms with Crippen LogP contribution in [0, 0.1) is 0 Å². The SMILES string of the molecule is COc1cc(Br)cc(CNCCO)c1OC(C)C. The molecule has 0 saturated heterocycles. The second kappa shape index (κ2) is 7.61. The Kier molecular flexibility index (Phi) is 6.46. The monoisotopic (exact) mass is 317 g/mol. The van der Waals surface area contributed by atoms with E-state index in [9.17, 15) is 0 Å². The Morgan fingerprint density at radius 3 is 2.67 bits per heavy atom. The number of benzene rings is 1. The topological polar surface area (TPSA) is 50.7 Å². The summed E-state index contributed by atoms with van der Waals surface area (Å²) >= 11 is 3.45. The van der Waals surface area contributed by atoms with Gasteiger partial charge in [0.15, 0.2) is 11.5 Å². The number of aliphatic hydroxyl groups is 1. The molecule has 102 valence electrons. The molecule has 0 atom stereocenters. The van der Waals surface area contributed by atoms with Gasteiger partial charge in [-0.1, -0.05) is 15.9 Å². The molecule has 0 aliphatic heterocycles. The van der Waals surface area contributed by atoms with Gasteiger partial charge in [0, 0.05) is 23.1 Å². The van der Waals surface area contributed by atoms with Gasteiger partial charge in [-0.3, -0.25) is 0 Å². The van der Waals surface area contributed by atoms with Crippen molar-refractivity contribution in [1.82, 2.24) is 5.32 Å². The molecule has 0 fully saturated rings. The first kappa shape index (κ1) is 15.3. The average Bonchev–Trinajstić information content (AvgIpc) is 2.31. The minimum Gasteiger partial charge on any atom is -0.493 e. The summed E-state index contributed by atoms with van der Waals surface area (Å²) in [4.78, 5) is 0. The number of hydrogen-bond donors (Lipinski definition) is 2. The second-order valence-corrected chi connectivity index (χ2v) is 5.08. The van der Waals surface area contributed by atoms with Crippen LogP contribution >= 0.6 is 15.9 Å². The number of ether oxygens (including phenoxy) is 2. The molecule has 0 heterocycles. The van der Waals surface area contributed by atoms with Crippen molar-refractivity contribution in [2.24, 2.45) is 0 Å². The predicted octanol–water partition coefficient (Wildman–Crippen LogP) is 2.33. The quantitative estimate of drug-likeness (QED) is 0.758. The Bertz CT molecular complexity index is 383. The predicted molar refractivity (Wildman–Crippen MR) is 75.3 cm³/mol. The van der Waals surface area contributed by atoms with E-state index in [2.05, 4.69) is 21.2 Å². The van der Waals surface area contributed by atoms with Crippen LogP contribution in [-0.2, 0) is 6.54 Å². The maximum atomic E-state index is 8.79. The Hall–Kier alpha value is -0.780. The average molecular weight is 318 g/mol. The third-order valence-electron chi connectivity index (χ3n) is 2.27. The molecule has 0 bridgehead atoms. The normalized spacial score (nSPS) is 10.8. The van der Waals surface area contributed by atoms with Gasteiger partial charge in [0.2, 0.25) is 0 Å². The largest absolute Gasteiger partial charge is 0.493 e. The molecular formula is C13H20BrNO3. The van der Waals surface area contributed by atoms with Crippen LogP contribution in [0.4, 0.5) is 0 Å². The first-order chi connectivity index (χ1) is 8.58. The molecule has 1 rings (SSSR count). The van der Waals surface area contributed by atoms with E-state index >= 15 is 0 Å². The lowest BCUT2D eigenvalue weighted by Gasteiger charge is -2.18. The van der Waals surface area contributed by atoms with Crippen molar-refractivity contribution in [2.45, 2.75) is 26.5 Å². The van der Waals surface area contributed by atoms with Crippen LogP contribution in [0.2, 0.25) is 0 Å². The zero-order chi connectivity index (χ0) is 13.5. The number of aliphatic hydroxyl groups excluding tert-OH is 1. The molecule has 18 heavy (non-hydrogen) atoms. The van der Waals surface area contributed by atoms with Crippen molar-refractivity contribution in [1.29, 1.82) is 0 Å². The van der Waals surface area contributed by atoms with E-state index in [0.29, 0.717) is 18.8 Å². The molecule has 0 amide bonds. The van der Waals surface area contributed by atoms with Crippen molar-refractivity contribution in [3.05, 3.63) is 22.2 Å². The summed E-state index contributed by atoms with van der Waals surface area (Å²) in [5, 5.41) is 11.9. The van der Waals surface area contributed by atoms with E-state index in [4.69, 9.17) is 14.6 Å². The highest BCUT2D eigenvalue weighted by atomic mass is 79.9. The van der Waals surface area contributed by atoms with Crippen LogP contribution < -0.4 is 14.8 Å². The summed E-state index contributed by atoms with van der Waals surface area (Å²) < 4.78 is 12.1. The van der Waals surface area contributed by atoms with Crippen LogP contribution in [0.25, 0.3) is 0 Å². The van der Waals surface area contributed by atoms with Gasteiger partial charge in [-0.2, -0.15) is 0 Å². The third-order valence-corrected chi connectivity index (χ3v) is 2.73. The molecule has 5 heteroatoms. The van der Waals surface area contributed by atoms with Crippen LogP contribution in [0.3, 0.4) is 0 Å². The summed E-state index contributed by atoms with van der Waals surface area (Å²) in [5.41, 5.74) is 1.00. The minimum atomic E-state index is 0.0802. The van der Waals surface area contributed by atoms with Crippen molar-refractivity contribution >= 4 is 15.9 Å². The molecule has 0 spiro atoms. The second-order valence-electron chi connectivity index (χ2n) is 4.16. The number of methoxy groups -OCH3 is 1. The smallest absolute Gasteiger partial charge is 0.166 e. The van der Waals surface area contributed by atoms with Crippen LogP contribution in [0.5, 0.6) is 11.5 Å². The van der Waals surface area contributed by atoms with E-state index in [0.717, 1.165) is 15.8 Å². The number of hydrogen-bond acceptors (Lipinski definition) is 4. The molecule has 2 N–H and O–H groups in total. The van der Waals surface area contributed by atoms with Gasteiger partial charge in [-0.15, -0.1) is 0 Å². The summed E-state index contributed by atoms with van der Waals surface area (Å²) in [6, 6.07) is 3.87. The van der Waals surface area contributed by atoms with Crippen molar-refractivity contribution in [3.8, 4) is 11.5 Å². The highest BCUT2D eigenvalue weighted by Crippen LogP contribution is 2.35. The Morgan fingerprint density at radius 1 is 1.39 bits per heavy atom. The van der Waals surface area contributed by atoms with Gasteiger partial charge >= 0.3 is 0 Å². The van der Waals surface area contributed by atoms with Gasteiger partial charge in [-0.05, 0) is 26.0 Å². The van der Waals surface area contributed by atoms with Crippen molar-refractivity contribution in [2.75, 3.05) is 20.3 Å². The molecule has 0 aliphatic carbocycles. The number of halogens is 1. The van der Waals surface area contributed by atoms with Gasteiger partial charge in [0.05, 0.1) is 19.8 Å². The zero-order valence-corrected chi connectivity index (χ0v) is 12.6. The minimum absolute atomic E-state index is 0.0802. The molecule has 0 radical (unpaired) electrons. The van der Waals surface area contributed by atoms with Gasteiger partial charge in [0.1, 0.15) is 0 Å². The Morgan fingerprint density at radius 2 is 2.11 bits per heavy atom. The molecule has 0 aromatic heterocycles. The molecule has 0 unspecified atom stereocenters. The highest BCUT2D eigenvalue weighted by molar-refractivity contribution is 9.10. The van der Waals surface area contributed by atoms with Crippen LogP contribution in [0.1, 0.15) is 19.4 Å². The fourth-order valence-electron chi connectivity index (χ4n) is 1.58. The molecule has 0 aliphatic rings. The lowest BCUT2D eigenvalue weighted by Crippen LogP contribution is -2.19. The molecule has 1 aromatic carbocycles. The fraction of sp³-hybridized carbons (Fsp3) is 0.538. The highest BCUT2D eigenvalue weighted by Gasteiger charge is 2.13. The lowest BCUT2D eigenvalue weighted by atomic mass is 10.1. The van der Waals surface area contributed by atoms with Crippen LogP contribution in [-0.4, -0.2) is 31.5 Å². The maximum absolute atomic E-state index is 8.79. The first-order valence-corrected chi connectivity index (χ1v) is 6.72. The van der Waals surface area contributed by atoms with Gasteiger partial charge in [0.25, 0.3) is 0 Å². The summed E-state index contributed by atoms with van der Waals surface area (Å²) in [6.07, 6.45) is 0.0802. The lowest BCUT2D eigenvalue weighted by molar-refractivity contribution is 0.226. The fourth-order valence-corrected chi connectivity index (χ4v) is 2.06. The van der Waals surface area contributed by atoms with Crippen LogP contribution in [0.15, 0.2) is 16.6 Å². The van der Waals surface area contributed by atoms with E-state index < -0.39 is 0 Å². The van der Waals surface area contributed by atoms with E-state index in [1.807, 2.05) is 26.0 Å². The van der Waals surface area contributed by atoms with Crippen molar-refractivity contribution in [3.63, 3.8) is 0 Å². The van der Waals surface area contributed by atoms with E-state index in [-0.39, 0.29) is 12.7 Å². The van der Waals surface area contributed by atoms with Gasteiger partial charge in [-0.25, -0.2) is 0 Å². The Balaban J connectivity index is 2.99. The molecular weight excluding hydrogens is 298 g/mol. The number of nitrogens with one attached hydrogen (secondary N) is 1. The van der Waals surface area contributed by atoms with E-state index in [1.165, 1.54) is 0 Å². The summed E-state index contributed by atoms with van der Waals surface area (Å²) in [6.45, 7) is 5.25. The third kappa shape index (κ3) is 4.48. The summed E-state index contributed by atoms with van der Waals surface area (Å²) in [5.74, 6) is 1.46. The number of rotatable bonds is 7. The standard InChI is InChI=1S/C13H20BrNO3/c1-9(2)18-13-10(8-15-4-5-16)6-11(14)7-12(13)17-3/h6-7,9,15-16H,4-5,8H2,1-3H3. The summed E-state index contributed by atoms with van der Waals surface area (Å²) in [7, 11) is 1.62. The first-order valence-electron chi connectivity index (χ1n) is 5.93. The zero-order valence-electron chi connectivity index (χ0n) is 11.0.